The van der Waals surface area contributed by atoms with E-state index in [2.05, 4.69) is 39.3 Å². The van der Waals surface area contributed by atoms with Crippen LogP contribution in [0.5, 0.6) is 0 Å². The van der Waals surface area contributed by atoms with E-state index >= 15 is 0 Å². The van der Waals surface area contributed by atoms with Crippen LogP contribution in [0, 0.1) is 0 Å². The third kappa shape index (κ3) is 7.92. The molecule has 4 heteroatoms. The van der Waals surface area contributed by atoms with Crippen molar-refractivity contribution in [2.75, 3.05) is 0 Å². The molecule has 0 aromatic rings. The Bertz CT molecular complexity index is 171. The van der Waals surface area contributed by atoms with Gasteiger partial charge in [0.1, 0.15) is 0 Å². The number of hydrogen-bond donors (Lipinski definition) is 0. The molecule has 86 valence electrons. The molecule has 0 bridgehead atoms. The van der Waals surface area contributed by atoms with E-state index in [9.17, 15) is 0 Å². The summed E-state index contributed by atoms with van der Waals surface area (Å²) >= 11 is 0. The Hall–Kier alpha value is 0.562. The van der Waals surface area contributed by atoms with Gasteiger partial charge in [0.05, 0.1) is 0 Å². The summed E-state index contributed by atoms with van der Waals surface area (Å²) in [7, 11) is -2.96. The Balaban J connectivity index is 0. The molecular formula is C10H22OPtSi2. The van der Waals surface area contributed by atoms with Gasteiger partial charge in [0, 0.05) is 21.1 Å². The average molecular weight is 410 g/mol. The minimum atomic E-state index is -1.48. The molecule has 0 saturated carbocycles. The molecule has 0 rings (SSSR count). The minimum Gasteiger partial charge on any atom is -0.455 e. The first-order valence-electron chi connectivity index (χ1n) is 4.75. The summed E-state index contributed by atoms with van der Waals surface area (Å²) in [6, 6.07) is 2.08. The van der Waals surface area contributed by atoms with Crippen LogP contribution in [0.2, 0.25) is 38.3 Å². The molecular weight excluding hydrogens is 387 g/mol. The van der Waals surface area contributed by atoms with Crippen molar-refractivity contribution in [3.05, 3.63) is 25.3 Å². The molecule has 14 heavy (non-hydrogen) atoms. The summed E-state index contributed by atoms with van der Waals surface area (Å²) in [5, 5.41) is 0. The van der Waals surface area contributed by atoms with E-state index in [-0.39, 0.29) is 21.1 Å². The molecule has 0 aliphatic heterocycles. The maximum atomic E-state index is 6.24. The van der Waals surface area contributed by atoms with E-state index in [4.69, 9.17) is 4.12 Å². The third-order valence-electron chi connectivity index (χ3n) is 1.82. The molecule has 1 nitrogen and oxygen atoms in total. The predicted octanol–water partition coefficient (Wildman–Crippen LogP) is 3.78. The largest absolute Gasteiger partial charge is 0.455 e. The van der Waals surface area contributed by atoms with Gasteiger partial charge in [-0.25, -0.2) is 0 Å². The third-order valence-corrected chi connectivity index (χ3v) is 8.79. The Morgan fingerprint density at radius 2 is 1.21 bits per heavy atom. The van der Waals surface area contributed by atoms with Crippen LogP contribution in [-0.4, -0.2) is 16.6 Å². The van der Waals surface area contributed by atoms with Crippen molar-refractivity contribution in [3.8, 4) is 0 Å². The van der Waals surface area contributed by atoms with Crippen LogP contribution in [0.4, 0.5) is 0 Å². The van der Waals surface area contributed by atoms with E-state index in [1.54, 1.807) is 0 Å². The maximum Gasteiger partial charge on any atom is 0.177 e. The zero-order valence-electron chi connectivity index (χ0n) is 9.71. The quantitative estimate of drug-likeness (QED) is 0.479. The molecule has 0 unspecified atom stereocenters. The molecule has 0 fully saturated rings. The van der Waals surface area contributed by atoms with E-state index in [1.807, 2.05) is 12.2 Å². The molecule has 0 saturated heterocycles. The zero-order valence-corrected chi connectivity index (χ0v) is 14.0. The molecule has 0 aliphatic carbocycles. The van der Waals surface area contributed by atoms with Gasteiger partial charge < -0.3 is 4.12 Å². The fraction of sp³-hybridized carbons (Fsp3) is 0.600. The monoisotopic (exact) mass is 409 g/mol. The minimum absolute atomic E-state index is 0. The molecule has 0 atom stereocenters. The summed E-state index contributed by atoms with van der Waals surface area (Å²) in [6.07, 6.45) is 3.95. The number of rotatable bonds is 6. The van der Waals surface area contributed by atoms with Crippen LogP contribution in [0.3, 0.4) is 0 Å². The molecule has 0 aromatic carbocycles. The van der Waals surface area contributed by atoms with Crippen LogP contribution in [0.1, 0.15) is 0 Å². The Morgan fingerprint density at radius 3 is 1.43 bits per heavy atom. The first kappa shape index (κ1) is 17.0. The summed E-state index contributed by atoms with van der Waals surface area (Å²) < 4.78 is 6.24. The Morgan fingerprint density at radius 1 is 0.929 bits per heavy atom. The van der Waals surface area contributed by atoms with Crippen molar-refractivity contribution in [2.24, 2.45) is 0 Å². The van der Waals surface area contributed by atoms with Gasteiger partial charge in [0.25, 0.3) is 0 Å². The average Bonchev–Trinajstić information content (AvgIpc) is 1.82. The van der Waals surface area contributed by atoms with Crippen LogP contribution >= 0.6 is 0 Å². The SMILES string of the molecule is C=CC[Si](C)(C)O[Si](C)(C)CC=C.[Pt]. The van der Waals surface area contributed by atoms with E-state index in [0.717, 1.165) is 12.1 Å². The van der Waals surface area contributed by atoms with Crippen LogP contribution < -0.4 is 0 Å². The molecule has 0 amide bonds. The maximum absolute atomic E-state index is 6.24. The Kier molecular flexibility index (Phi) is 8.41. The van der Waals surface area contributed by atoms with Crippen LogP contribution in [0.15, 0.2) is 25.3 Å². The summed E-state index contributed by atoms with van der Waals surface area (Å²) in [4.78, 5) is 0. The van der Waals surface area contributed by atoms with Gasteiger partial charge in [-0.3, -0.25) is 0 Å². The smallest absolute Gasteiger partial charge is 0.177 e. The standard InChI is InChI=1S/C10H22OSi2.Pt/c1-7-9-12(3,4)11-13(5,6)10-8-2;/h7-8H,1-2,9-10H2,3-6H3;. The topological polar surface area (TPSA) is 9.23 Å². The van der Waals surface area contributed by atoms with Crippen molar-refractivity contribution < 1.29 is 25.2 Å². The van der Waals surface area contributed by atoms with E-state index in [1.165, 1.54) is 0 Å². The summed E-state index contributed by atoms with van der Waals surface area (Å²) in [5.74, 6) is 0. The summed E-state index contributed by atoms with van der Waals surface area (Å²) in [5.41, 5.74) is 0. The van der Waals surface area contributed by atoms with Crippen molar-refractivity contribution in [3.63, 3.8) is 0 Å². The van der Waals surface area contributed by atoms with Gasteiger partial charge >= 0.3 is 0 Å². The van der Waals surface area contributed by atoms with Crippen molar-refractivity contribution in [2.45, 2.75) is 38.3 Å². The first-order valence-corrected chi connectivity index (χ1v) is 11.0. The molecule has 0 N–H and O–H groups in total. The normalized spacial score (nSPS) is 11.7. The number of hydrogen-bond acceptors (Lipinski definition) is 1. The molecule has 0 aliphatic rings. The van der Waals surface area contributed by atoms with Gasteiger partial charge in [-0.15, -0.1) is 13.2 Å². The van der Waals surface area contributed by atoms with Crippen molar-refractivity contribution in [1.82, 2.24) is 0 Å². The van der Waals surface area contributed by atoms with Gasteiger partial charge in [-0.2, -0.15) is 0 Å². The van der Waals surface area contributed by atoms with E-state index < -0.39 is 16.6 Å². The fourth-order valence-electron chi connectivity index (χ4n) is 1.53. The van der Waals surface area contributed by atoms with E-state index in [0.29, 0.717) is 0 Å². The van der Waals surface area contributed by atoms with Gasteiger partial charge in [0.2, 0.25) is 0 Å². The Labute approximate surface area is 105 Å². The second kappa shape index (κ2) is 6.94. The van der Waals surface area contributed by atoms with Gasteiger partial charge in [-0.1, -0.05) is 12.2 Å². The van der Waals surface area contributed by atoms with Crippen molar-refractivity contribution in [1.29, 1.82) is 0 Å². The second-order valence-corrected chi connectivity index (χ2v) is 13.3. The first-order chi connectivity index (χ1) is 5.83. The van der Waals surface area contributed by atoms with Crippen LogP contribution in [0.25, 0.3) is 0 Å². The van der Waals surface area contributed by atoms with Gasteiger partial charge in [-0.05, 0) is 38.3 Å². The second-order valence-electron chi connectivity index (χ2n) is 4.61. The van der Waals surface area contributed by atoms with Crippen molar-refractivity contribution >= 4 is 16.6 Å². The van der Waals surface area contributed by atoms with Gasteiger partial charge in [0.15, 0.2) is 16.6 Å². The molecule has 0 radical (unpaired) electrons. The van der Waals surface area contributed by atoms with Crippen LogP contribution in [-0.2, 0) is 25.2 Å². The molecule has 0 heterocycles. The summed E-state index contributed by atoms with van der Waals surface area (Å²) in [6.45, 7) is 16.6. The predicted molar refractivity (Wildman–Crippen MR) is 66.1 cm³/mol. The molecule has 0 spiro atoms. The zero-order chi connectivity index (χ0) is 10.5. The fourth-order valence-corrected chi connectivity index (χ4v) is 9.57. The molecule has 0 aromatic heterocycles. The number of allylic oxidation sites excluding steroid dienone is 2.